The average molecular weight is 259 g/mol. The van der Waals surface area contributed by atoms with E-state index in [-0.39, 0.29) is 5.41 Å². The summed E-state index contributed by atoms with van der Waals surface area (Å²) in [5.41, 5.74) is 4.21. The third-order valence-electron chi connectivity index (χ3n) is 5.16. The molecule has 3 unspecified atom stereocenters. The van der Waals surface area contributed by atoms with Crippen LogP contribution in [-0.2, 0) is 4.74 Å². The van der Waals surface area contributed by atoms with Gasteiger partial charge >= 0.3 is 0 Å². The van der Waals surface area contributed by atoms with E-state index < -0.39 is 0 Å². The van der Waals surface area contributed by atoms with Gasteiger partial charge in [0, 0.05) is 29.7 Å². The zero-order valence-electron chi connectivity index (χ0n) is 12.5. The molecule has 19 heavy (non-hydrogen) atoms. The summed E-state index contributed by atoms with van der Waals surface area (Å²) >= 11 is 0. The minimum Gasteiger partial charge on any atom is -0.381 e. The zero-order valence-corrected chi connectivity index (χ0v) is 12.5. The zero-order chi connectivity index (χ0) is 13.6. The van der Waals surface area contributed by atoms with E-state index in [1.54, 1.807) is 0 Å². The van der Waals surface area contributed by atoms with Crippen molar-refractivity contribution in [1.29, 1.82) is 0 Å². The molecule has 2 heteroatoms. The van der Waals surface area contributed by atoms with Crippen LogP contribution in [0, 0.1) is 25.2 Å². The molecule has 1 N–H and O–H groups in total. The molecule has 104 valence electrons. The molecule has 2 nitrogen and oxygen atoms in total. The molecular formula is C17H25NO. The summed E-state index contributed by atoms with van der Waals surface area (Å²) in [5, 5.41) is 3.76. The van der Waals surface area contributed by atoms with Crippen molar-refractivity contribution >= 4 is 5.69 Å². The minimum absolute atomic E-state index is 0.240. The molecule has 1 saturated heterocycles. The Hall–Kier alpha value is -1.02. The first-order chi connectivity index (χ1) is 9.00. The molecule has 2 aliphatic rings. The highest BCUT2D eigenvalue weighted by Gasteiger charge is 2.57. The van der Waals surface area contributed by atoms with Crippen molar-refractivity contribution in [3.63, 3.8) is 0 Å². The highest BCUT2D eigenvalue weighted by Crippen LogP contribution is 2.52. The van der Waals surface area contributed by atoms with Gasteiger partial charge in [0.2, 0.25) is 0 Å². The number of anilines is 1. The van der Waals surface area contributed by atoms with Crippen molar-refractivity contribution < 1.29 is 4.74 Å². The first kappa shape index (κ1) is 13.0. The number of ether oxygens (including phenoxy) is 1. The Morgan fingerprint density at radius 1 is 1.21 bits per heavy atom. The van der Waals surface area contributed by atoms with Crippen LogP contribution in [0.1, 0.15) is 37.8 Å². The predicted molar refractivity (Wildman–Crippen MR) is 79.6 cm³/mol. The van der Waals surface area contributed by atoms with Crippen LogP contribution in [0.3, 0.4) is 0 Å². The molecule has 0 amide bonds. The van der Waals surface area contributed by atoms with Crippen LogP contribution in [0.5, 0.6) is 0 Å². The number of nitrogens with one attached hydrogen (secondary N) is 1. The van der Waals surface area contributed by atoms with Crippen LogP contribution in [0.25, 0.3) is 0 Å². The SMILES string of the molecule is Cc1ccc(NC2C3CCCOC3C2(C)C)cc1C. The van der Waals surface area contributed by atoms with Gasteiger partial charge in [0.15, 0.2) is 0 Å². The standard InChI is InChI=1S/C17H25NO/c1-11-7-8-13(10-12(11)2)18-15-14-6-5-9-19-16(14)17(15,3)4/h7-8,10,14-16,18H,5-6,9H2,1-4H3. The van der Waals surface area contributed by atoms with Gasteiger partial charge in [-0.05, 0) is 49.9 Å². The van der Waals surface area contributed by atoms with E-state index in [9.17, 15) is 0 Å². The van der Waals surface area contributed by atoms with Gasteiger partial charge < -0.3 is 10.1 Å². The van der Waals surface area contributed by atoms with Crippen LogP contribution in [-0.4, -0.2) is 18.8 Å². The molecule has 0 spiro atoms. The van der Waals surface area contributed by atoms with Crippen LogP contribution in [0.4, 0.5) is 5.69 Å². The lowest BCUT2D eigenvalue weighted by Crippen LogP contribution is -2.67. The molecule has 0 radical (unpaired) electrons. The second-order valence-corrected chi connectivity index (χ2v) is 6.84. The van der Waals surface area contributed by atoms with Gasteiger partial charge in [-0.1, -0.05) is 19.9 Å². The molecule has 2 fully saturated rings. The monoisotopic (exact) mass is 259 g/mol. The first-order valence-corrected chi connectivity index (χ1v) is 7.45. The Morgan fingerprint density at radius 3 is 2.74 bits per heavy atom. The van der Waals surface area contributed by atoms with Crippen LogP contribution in [0.2, 0.25) is 0 Å². The fourth-order valence-electron chi connectivity index (χ4n) is 3.83. The Bertz CT molecular complexity index is 480. The fraction of sp³-hybridized carbons (Fsp3) is 0.647. The normalized spacial score (nSPS) is 32.3. The Labute approximate surface area is 116 Å². The van der Waals surface area contributed by atoms with Gasteiger partial charge in [0.05, 0.1) is 6.10 Å². The predicted octanol–water partition coefficient (Wildman–Crippen LogP) is 3.92. The van der Waals surface area contributed by atoms with Crippen molar-refractivity contribution in [3.8, 4) is 0 Å². The maximum Gasteiger partial charge on any atom is 0.0693 e. The van der Waals surface area contributed by atoms with Crippen LogP contribution >= 0.6 is 0 Å². The lowest BCUT2D eigenvalue weighted by Gasteiger charge is -2.60. The third kappa shape index (κ3) is 2.06. The lowest BCUT2D eigenvalue weighted by atomic mass is 9.55. The smallest absolute Gasteiger partial charge is 0.0693 e. The van der Waals surface area contributed by atoms with E-state index in [4.69, 9.17) is 4.74 Å². The molecule has 0 bridgehead atoms. The first-order valence-electron chi connectivity index (χ1n) is 7.45. The van der Waals surface area contributed by atoms with E-state index >= 15 is 0 Å². The topological polar surface area (TPSA) is 21.3 Å². The number of fused-ring (bicyclic) bond motifs is 1. The molecule has 0 aromatic heterocycles. The number of hydrogen-bond acceptors (Lipinski definition) is 2. The Morgan fingerprint density at radius 2 is 2.00 bits per heavy atom. The van der Waals surface area contributed by atoms with E-state index in [1.807, 2.05) is 0 Å². The summed E-state index contributed by atoms with van der Waals surface area (Å²) in [6.45, 7) is 9.95. The molecule has 1 aliphatic carbocycles. The molecule has 1 heterocycles. The highest BCUT2D eigenvalue weighted by molar-refractivity contribution is 5.50. The quantitative estimate of drug-likeness (QED) is 0.869. The fourth-order valence-corrected chi connectivity index (χ4v) is 3.83. The van der Waals surface area contributed by atoms with E-state index in [0.717, 1.165) is 6.61 Å². The minimum atomic E-state index is 0.240. The summed E-state index contributed by atoms with van der Waals surface area (Å²) in [4.78, 5) is 0. The van der Waals surface area contributed by atoms with Crippen molar-refractivity contribution in [2.75, 3.05) is 11.9 Å². The summed E-state index contributed by atoms with van der Waals surface area (Å²) in [5.74, 6) is 0.686. The number of aryl methyl sites for hydroxylation is 2. The summed E-state index contributed by atoms with van der Waals surface area (Å²) in [6.07, 6.45) is 2.96. The van der Waals surface area contributed by atoms with Gasteiger partial charge in [-0.15, -0.1) is 0 Å². The van der Waals surface area contributed by atoms with Gasteiger partial charge in [-0.25, -0.2) is 0 Å². The van der Waals surface area contributed by atoms with Crippen molar-refractivity contribution in [1.82, 2.24) is 0 Å². The highest BCUT2D eigenvalue weighted by atomic mass is 16.5. The summed E-state index contributed by atoms with van der Waals surface area (Å²) in [6, 6.07) is 7.22. The number of hydrogen-bond donors (Lipinski definition) is 1. The maximum atomic E-state index is 5.96. The number of benzene rings is 1. The summed E-state index contributed by atoms with van der Waals surface area (Å²) in [7, 11) is 0. The van der Waals surface area contributed by atoms with Crippen molar-refractivity contribution in [2.24, 2.45) is 11.3 Å². The van der Waals surface area contributed by atoms with Crippen LogP contribution in [0.15, 0.2) is 18.2 Å². The second-order valence-electron chi connectivity index (χ2n) is 6.84. The largest absolute Gasteiger partial charge is 0.381 e. The van der Waals surface area contributed by atoms with E-state index in [0.29, 0.717) is 18.1 Å². The summed E-state index contributed by atoms with van der Waals surface area (Å²) < 4.78 is 5.96. The van der Waals surface area contributed by atoms with Gasteiger partial charge in [-0.2, -0.15) is 0 Å². The lowest BCUT2D eigenvalue weighted by molar-refractivity contribution is -0.177. The van der Waals surface area contributed by atoms with Gasteiger partial charge in [0.25, 0.3) is 0 Å². The van der Waals surface area contributed by atoms with Gasteiger partial charge in [0.1, 0.15) is 0 Å². The van der Waals surface area contributed by atoms with E-state index in [1.165, 1.54) is 29.7 Å². The third-order valence-corrected chi connectivity index (χ3v) is 5.16. The second kappa shape index (κ2) is 4.52. The molecule has 1 aromatic carbocycles. The van der Waals surface area contributed by atoms with Crippen molar-refractivity contribution in [3.05, 3.63) is 29.3 Å². The molecular weight excluding hydrogens is 234 g/mol. The molecule has 3 rings (SSSR count). The average Bonchev–Trinajstić information content (AvgIpc) is 2.40. The maximum absolute atomic E-state index is 5.96. The van der Waals surface area contributed by atoms with Crippen molar-refractivity contribution in [2.45, 2.75) is 52.7 Å². The van der Waals surface area contributed by atoms with E-state index in [2.05, 4.69) is 51.2 Å². The van der Waals surface area contributed by atoms with Gasteiger partial charge in [-0.3, -0.25) is 0 Å². The molecule has 1 aromatic rings. The Balaban J connectivity index is 1.77. The molecule has 3 atom stereocenters. The Kier molecular flexibility index (Phi) is 3.09. The molecule has 1 aliphatic heterocycles. The molecule has 1 saturated carbocycles. The van der Waals surface area contributed by atoms with Crippen LogP contribution < -0.4 is 5.32 Å². The number of rotatable bonds is 2.